The second-order valence-electron chi connectivity index (χ2n) is 3.16. The molecule has 0 saturated carbocycles. The third kappa shape index (κ3) is 4.88. The average Bonchev–Trinajstić information content (AvgIpc) is 2.81. The molecular formula is C11H14N2O4S. The fraction of sp³-hybridized carbons (Fsp3) is 0.273. The lowest BCUT2D eigenvalue weighted by atomic mass is 10.2. The van der Waals surface area contributed by atoms with Crippen molar-refractivity contribution in [3.8, 4) is 0 Å². The molecule has 6 nitrogen and oxygen atoms in total. The van der Waals surface area contributed by atoms with Crippen molar-refractivity contribution in [1.29, 1.82) is 0 Å². The van der Waals surface area contributed by atoms with Crippen LogP contribution in [-0.2, 0) is 16.0 Å². The first-order valence-corrected chi connectivity index (χ1v) is 6.19. The van der Waals surface area contributed by atoms with Crippen LogP contribution < -0.4 is 5.73 Å². The fourth-order valence-electron chi connectivity index (χ4n) is 1.07. The summed E-state index contributed by atoms with van der Waals surface area (Å²) >= 11 is 1.58. The number of amides is 2. The van der Waals surface area contributed by atoms with Gasteiger partial charge in [0.15, 0.2) is 0 Å². The number of thiophene rings is 1. The van der Waals surface area contributed by atoms with Crippen molar-refractivity contribution in [2.24, 2.45) is 5.73 Å². The minimum Gasteiger partial charge on any atom is -0.433 e. The molecule has 0 atom stereocenters. The van der Waals surface area contributed by atoms with Gasteiger partial charge < -0.3 is 10.5 Å². The maximum absolute atomic E-state index is 11.0. The van der Waals surface area contributed by atoms with Crippen LogP contribution in [0.25, 0.3) is 0 Å². The Balaban J connectivity index is 2.49. The number of primary amides is 1. The van der Waals surface area contributed by atoms with E-state index < -0.39 is 12.2 Å². The fourth-order valence-corrected chi connectivity index (χ4v) is 1.75. The lowest BCUT2D eigenvalue weighted by Crippen LogP contribution is -2.33. The molecule has 2 amide bonds. The summed E-state index contributed by atoms with van der Waals surface area (Å²) in [5.74, 6) is 0. The molecule has 0 aliphatic rings. The maximum Gasteiger partial charge on any atom is 0.533 e. The Morgan fingerprint density at radius 2 is 2.33 bits per heavy atom. The molecule has 1 rings (SSSR count). The van der Waals surface area contributed by atoms with Crippen LogP contribution in [0.1, 0.15) is 12.5 Å². The highest BCUT2D eigenvalue weighted by molar-refractivity contribution is 7.07. The van der Waals surface area contributed by atoms with E-state index in [-0.39, 0.29) is 6.61 Å². The quantitative estimate of drug-likeness (QED) is 0.672. The normalized spacial score (nSPS) is 10.3. The number of nitrogens with zero attached hydrogens (tertiary/aromatic N) is 1. The summed E-state index contributed by atoms with van der Waals surface area (Å²) in [5, 5.41) is 4.56. The van der Waals surface area contributed by atoms with Gasteiger partial charge in [0.2, 0.25) is 0 Å². The Bertz CT molecular complexity index is 417. The minimum absolute atomic E-state index is 0.157. The number of carbonyl (C=O) groups excluding carboxylic acids is 2. The third-order valence-corrected chi connectivity index (χ3v) is 2.56. The van der Waals surface area contributed by atoms with Crippen LogP contribution in [0.5, 0.6) is 0 Å². The van der Waals surface area contributed by atoms with Gasteiger partial charge in [-0.05, 0) is 35.7 Å². The Hall–Kier alpha value is -2.02. The summed E-state index contributed by atoms with van der Waals surface area (Å²) in [4.78, 5) is 26.6. The van der Waals surface area contributed by atoms with Crippen molar-refractivity contribution in [3.05, 3.63) is 34.7 Å². The molecule has 2 N–H and O–H groups in total. The number of urea groups is 1. The lowest BCUT2D eigenvalue weighted by molar-refractivity contribution is -0.0583. The highest BCUT2D eigenvalue weighted by atomic mass is 32.1. The molecule has 98 valence electrons. The van der Waals surface area contributed by atoms with Gasteiger partial charge in [0, 0.05) is 6.20 Å². The zero-order valence-electron chi connectivity index (χ0n) is 9.87. The van der Waals surface area contributed by atoms with Crippen LogP contribution in [0.2, 0.25) is 0 Å². The molecule has 0 unspecified atom stereocenters. The van der Waals surface area contributed by atoms with Crippen molar-refractivity contribution >= 4 is 23.5 Å². The standard InChI is InChI=1S/C11H14N2O4S/c1-2-16-11(15)17-13(10(12)14)6-3-4-9-5-7-18-8-9/h3,5-8H,2,4H2,1H3,(H2,12,14). The lowest BCUT2D eigenvalue weighted by Gasteiger charge is -2.13. The van der Waals surface area contributed by atoms with Crippen LogP contribution in [0.3, 0.4) is 0 Å². The molecule has 0 aliphatic heterocycles. The molecule has 0 aliphatic carbocycles. The highest BCUT2D eigenvalue weighted by Crippen LogP contribution is 2.07. The van der Waals surface area contributed by atoms with Gasteiger partial charge in [-0.2, -0.15) is 11.3 Å². The average molecular weight is 270 g/mol. The summed E-state index contributed by atoms with van der Waals surface area (Å²) in [6, 6.07) is 1.06. The maximum atomic E-state index is 11.0. The van der Waals surface area contributed by atoms with Crippen LogP contribution in [0, 0.1) is 0 Å². The molecule has 0 bridgehead atoms. The molecule has 1 aromatic heterocycles. The number of ether oxygens (including phenoxy) is 1. The van der Waals surface area contributed by atoms with Crippen LogP contribution >= 0.6 is 11.3 Å². The van der Waals surface area contributed by atoms with E-state index in [1.807, 2.05) is 16.8 Å². The number of nitrogens with two attached hydrogens (primary N) is 1. The summed E-state index contributed by atoms with van der Waals surface area (Å²) in [7, 11) is 0. The van der Waals surface area contributed by atoms with Gasteiger partial charge in [-0.15, -0.1) is 5.06 Å². The summed E-state index contributed by atoms with van der Waals surface area (Å²) in [5.41, 5.74) is 6.14. The Labute approximate surface area is 109 Å². The molecule has 1 heterocycles. The first-order valence-electron chi connectivity index (χ1n) is 5.24. The predicted molar refractivity (Wildman–Crippen MR) is 66.7 cm³/mol. The van der Waals surface area contributed by atoms with Crippen LogP contribution in [-0.4, -0.2) is 23.9 Å². The molecule has 0 fully saturated rings. The van der Waals surface area contributed by atoms with Crippen molar-refractivity contribution < 1.29 is 19.2 Å². The van der Waals surface area contributed by atoms with E-state index in [0.29, 0.717) is 11.5 Å². The number of hydroxylamine groups is 2. The second kappa shape index (κ2) is 7.33. The predicted octanol–water partition coefficient (Wildman–Crippen LogP) is 2.27. The van der Waals surface area contributed by atoms with Gasteiger partial charge >= 0.3 is 12.2 Å². The third-order valence-electron chi connectivity index (χ3n) is 1.83. The summed E-state index contributed by atoms with van der Waals surface area (Å²) in [6.07, 6.45) is 2.58. The largest absolute Gasteiger partial charge is 0.533 e. The van der Waals surface area contributed by atoms with Gasteiger partial charge in [0.05, 0.1) is 6.61 Å². The molecule has 0 saturated heterocycles. The number of hydrogen-bond acceptors (Lipinski definition) is 5. The number of rotatable bonds is 4. The van der Waals surface area contributed by atoms with Crippen LogP contribution in [0.4, 0.5) is 9.59 Å². The van der Waals surface area contributed by atoms with Gasteiger partial charge in [-0.25, -0.2) is 9.59 Å². The smallest absolute Gasteiger partial charge is 0.433 e. The molecular weight excluding hydrogens is 256 g/mol. The van der Waals surface area contributed by atoms with Crippen molar-refractivity contribution in [3.63, 3.8) is 0 Å². The van der Waals surface area contributed by atoms with Gasteiger partial charge in [-0.1, -0.05) is 6.08 Å². The van der Waals surface area contributed by atoms with Crippen molar-refractivity contribution in [1.82, 2.24) is 5.06 Å². The van der Waals surface area contributed by atoms with Gasteiger partial charge in [0.25, 0.3) is 0 Å². The van der Waals surface area contributed by atoms with Gasteiger partial charge in [-0.3, -0.25) is 4.84 Å². The second-order valence-corrected chi connectivity index (χ2v) is 3.94. The van der Waals surface area contributed by atoms with Crippen molar-refractivity contribution in [2.45, 2.75) is 13.3 Å². The van der Waals surface area contributed by atoms with Gasteiger partial charge in [0.1, 0.15) is 0 Å². The number of hydrogen-bond donors (Lipinski definition) is 1. The topological polar surface area (TPSA) is 81.9 Å². The van der Waals surface area contributed by atoms with Crippen LogP contribution in [0.15, 0.2) is 29.1 Å². The van der Waals surface area contributed by atoms with E-state index in [0.717, 1.165) is 5.56 Å². The van der Waals surface area contributed by atoms with E-state index >= 15 is 0 Å². The molecule has 1 aromatic rings. The van der Waals surface area contributed by atoms with E-state index in [1.54, 1.807) is 24.3 Å². The highest BCUT2D eigenvalue weighted by Gasteiger charge is 2.13. The summed E-state index contributed by atoms with van der Waals surface area (Å²) in [6.45, 7) is 1.78. The SMILES string of the molecule is CCOC(=O)ON(C=CCc1ccsc1)C(N)=O. The number of carbonyl (C=O) groups is 2. The molecule has 0 radical (unpaired) electrons. The monoisotopic (exact) mass is 270 g/mol. The molecule has 0 spiro atoms. The summed E-state index contributed by atoms with van der Waals surface area (Å²) < 4.78 is 4.53. The Kier molecular flexibility index (Phi) is 5.72. The minimum atomic E-state index is -0.975. The van der Waals surface area contributed by atoms with Crippen molar-refractivity contribution in [2.75, 3.05) is 6.61 Å². The Morgan fingerprint density at radius 1 is 1.56 bits per heavy atom. The van der Waals surface area contributed by atoms with E-state index in [9.17, 15) is 9.59 Å². The first-order chi connectivity index (χ1) is 8.63. The Morgan fingerprint density at radius 3 is 2.89 bits per heavy atom. The van der Waals surface area contributed by atoms with E-state index in [2.05, 4.69) is 9.57 Å². The van der Waals surface area contributed by atoms with E-state index in [4.69, 9.17) is 5.73 Å². The van der Waals surface area contributed by atoms with E-state index in [1.165, 1.54) is 6.20 Å². The molecule has 7 heteroatoms. The zero-order chi connectivity index (χ0) is 13.4. The number of allylic oxidation sites excluding steroid dienone is 1. The molecule has 0 aromatic carbocycles. The molecule has 18 heavy (non-hydrogen) atoms. The first kappa shape index (κ1) is 14.0. The zero-order valence-corrected chi connectivity index (χ0v) is 10.7.